The maximum Gasteiger partial charge on any atom is 0.334 e. The molecule has 0 saturated carbocycles. The van der Waals surface area contributed by atoms with Crippen molar-refractivity contribution in [1.82, 2.24) is 56.5 Å². The summed E-state index contributed by atoms with van der Waals surface area (Å²) in [6.07, 6.45) is 14.6. The molecule has 6 aromatic carbocycles. The Labute approximate surface area is 609 Å². The van der Waals surface area contributed by atoms with Gasteiger partial charge in [0, 0.05) is 75.4 Å². The van der Waals surface area contributed by atoms with Gasteiger partial charge in [0.15, 0.2) is 0 Å². The standard InChI is InChI=1S/C28H28N4O4.C27H26N4O4.C24H21ClN4O4S/c1-4-27(33)30-15-13-21(18-30)32-25-12-14-29-17-26(25)31(28(32)34)20-8-10-22(11-9-20)36-24-7-5-6-23(16-24)35-19(2)3;1-3-26(32)29-15-13-20(18-29)31-24-12-14-28-17-25(24)30(27(31)33)19-8-10-21(11-9-19)35-23-7-5-6-22(16-23)34-4-2;1-2-34(31,32)27-13-11-18(16-27)29-21-10-12-26-15-22(21)28(24(29)30)17-8-9-23(20(25)14-17)33-19-6-4-3-5-7-19/h4-12,14,16-17,19,21H,1,13,15,18H2,2-3H3;3,5-12,14,16-17,20H,1,4,13,15,18H2,2H3;2-10,12,14-15,18H,1,11,13,16H2/t21-;20-;18-/m111/s1. The van der Waals surface area contributed by atoms with Crippen LogP contribution in [-0.2, 0) is 19.6 Å². The lowest BCUT2D eigenvalue weighted by atomic mass is 10.2. The van der Waals surface area contributed by atoms with Crippen LogP contribution in [0, 0.1) is 0 Å². The minimum absolute atomic E-state index is 0.0734. The van der Waals surface area contributed by atoms with E-state index in [2.05, 4.69) is 34.7 Å². The molecular weight excluding hydrogens is 1380 g/mol. The quantitative estimate of drug-likeness (QED) is 0.0644. The maximum atomic E-state index is 13.7. The lowest BCUT2D eigenvalue weighted by molar-refractivity contribution is -0.125. The van der Waals surface area contributed by atoms with Gasteiger partial charge in [-0.25, -0.2) is 22.8 Å². The number of aromatic nitrogens is 9. The number of hydrogen-bond donors (Lipinski definition) is 0. The Morgan fingerprint density at radius 2 is 0.914 bits per heavy atom. The van der Waals surface area contributed by atoms with E-state index in [9.17, 15) is 32.4 Å². The molecule has 3 saturated heterocycles. The zero-order valence-electron chi connectivity index (χ0n) is 57.8. The number of pyridine rings is 3. The number of para-hydroxylation sites is 1. The first-order valence-electron chi connectivity index (χ1n) is 34.2. The summed E-state index contributed by atoms with van der Waals surface area (Å²) in [7, 11) is -3.56. The zero-order chi connectivity index (χ0) is 73.5. The third-order valence-corrected chi connectivity index (χ3v) is 20.0. The van der Waals surface area contributed by atoms with Gasteiger partial charge in [-0.3, -0.25) is 51.9 Å². The second kappa shape index (κ2) is 31.3. The topological polar surface area (TPSA) is 244 Å². The Morgan fingerprint density at radius 1 is 0.495 bits per heavy atom. The fourth-order valence-electron chi connectivity index (χ4n) is 13.4. The van der Waals surface area contributed by atoms with Crippen LogP contribution in [0.3, 0.4) is 0 Å². The molecule has 0 spiro atoms. The van der Waals surface area contributed by atoms with Gasteiger partial charge in [0.05, 0.1) is 105 Å². The molecule has 3 atom stereocenters. The van der Waals surface area contributed by atoms with E-state index < -0.39 is 10.0 Å². The highest BCUT2D eigenvalue weighted by atomic mass is 35.5. The van der Waals surface area contributed by atoms with Crippen LogP contribution in [0.4, 0.5) is 0 Å². The van der Waals surface area contributed by atoms with E-state index in [0.29, 0.717) is 137 Å². The molecule has 9 heterocycles. The molecule has 0 bridgehead atoms. The molecule has 105 heavy (non-hydrogen) atoms. The number of likely N-dealkylation sites (tertiary alicyclic amines) is 2. The average Bonchev–Trinajstić information content (AvgIpc) is 1.61. The molecule has 6 aromatic heterocycles. The van der Waals surface area contributed by atoms with Crippen molar-refractivity contribution in [2.24, 2.45) is 0 Å². The summed E-state index contributed by atoms with van der Waals surface area (Å²) in [5, 5.41) is 1.29. The number of halogens is 1. The summed E-state index contributed by atoms with van der Waals surface area (Å²) in [4.78, 5) is 81.2. The van der Waals surface area contributed by atoms with Crippen LogP contribution in [0.25, 0.3) is 50.2 Å². The van der Waals surface area contributed by atoms with Gasteiger partial charge in [-0.1, -0.05) is 61.7 Å². The Kier molecular flexibility index (Phi) is 21.2. The van der Waals surface area contributed by atoms with Crippen LogP contribution in [0.1, 0.15) is 58.2 Å². The number of carbonyl (C=O) groups excluding carboxylic acids is 2. The number of benzene rings is 6. The summed E-state index contributed by atoms with van der Waals surface area (Å²) < 4.78 is 64.9. The Morgan fingerprint density at radius 3 is 1.37 bits per heavy atom. The van der Waals surface area contributed by atoms with Gasteiger partial charge in [0.2, 0.25) is 21.8 Å². The predicted molar refractivity (Wildman–Crippen MR) is 403 cm³/mol. The number of fused-ring (bicyclic) bond motifs is 3. The van der Waals surface area contributed by atoms with Crippen molar-refractivity contribution in [2.45, 2.75) is 64.3 Å². The molecule has 26 heteroatoms. The summed E-state index contributed by atoms with van der Waals surface area (Å²) in [6.45, 7) is 19.7. The summed E-state index contributed by atoms with van der Waals surface area (Å²) in [6, 6.07) is 49.0. The van der Waals surface area contributed by atoms with Gasteiger partial charge in [-0.05, 0) is 174 Å². The molecule has 536 valence electrons. The number of carbonyl (C=O) groups is 2. The van der Waals surface area contributed by atoms with Crippen LogP contribution in [0.5, 0.6) is 46.0 Å². The number of amides is 2. The number of rotatable bonds is 20. The maximum absolute atomic E-state index is 13.7. The third-order valence-electron chi connectivity index (χ3n) is 18.2. The SMILES string of the molecule is C=CC(=O)N1CC[C@@H](n2c(=O)n(-c3ccc(Oc4cccc(OC(C)C)c4)cc3)c3cnccc32)C1.C=CC(=O)N1CC[C@@H](n2c(=O)n(-c3ccc(Oc4cccc(OCC)c4)cc3)c3cnccc32)C1.C=CS(=O)(=O)N1CC[C@@H](n2c(=O)n(-c3ccc(Oc4ccccc4)c(Cl)c3)c3cnccc32)C1. The predicted octanol–water partition coefficient (Wildman–Crippen LogP) is 13.4. The highest BCUT2D eigenvalue weighted by Crippen LogP contribution is 2.36. The molecule has 15 rings (SSSR count). The minimum Gasteiger partial charge on any atom is -0.494 e. The van der Waals surface area contributed by atoms with Crippen LogP contribution in [-0.4, -0.2) is 129 Å². The second-order valence-electron chi connectivity index (χ2n) is 25.2. The molecule has 0 N–H and O–H groups in total. The fourth-order valence-corrected chi connectivity index (χ4v) is 14.6. The number of ether oxygens (including phenoxy) is 5. The van der Waals surface area contributed by atoms with Crippen LogP contribution in [0.2, 0.25) is 5.02 Å². The van der Waals surface area contributed by atoms with Crippen molar-refractivity contribution in [2.75, 3.05) is 45.9 Å². The van der Waals surface area contributed by atoms with Crippen LogP contribution < -0.4 is 40.8 Å². The number of nitrogens with zero attached hydrogens (tertiary/aromatic N) is 12. The Balaban J connectivity index is 0.000000140. The van der Waals surface area contributed by atoms with E-state index in [-0.39, 0.29) is 59.7 Å². The van der Waals surface area contributed by atoms with E-state index in [1.807, 2.05) is 160 Å². The van der Waals surface area contributed by atoms with Crippen molar-refractivity contribution >= 4 is 66.5 Å². The highest BCUT2D eigenvalue weighted by molar-refractivity contribution is 7.92. The van der Waals surface area contributed by atoms with Gasteiger partial charge in [-0.2, -0.15) is 4.31 Å². The van der Waals surface area contributed by atoms with Gasteiger partial charge in [-0.15, -0.1) is 0 Å². The monoisotopic (exact) mass is 1450 g/mol. The molecule has 0 aliphatic carbocycles. The van der Waals surface area contributed by atoms with Crippen molar-refractivity contribution in [1.29, 1.82) is 0 Å². The Bertz CT molecular complexity index is 5540. The molecular formula is C79H75ClN12O12S. The summed E-state index contributed by atoms with van der Waals surface area (Å²) in [5.41, 5.74) is 5.62. The molecule has 0 radical (unpaired) electrons. The normalized spacial score (nSPS) is 15.8. The van der Waals surface area contributed by atoms with Gasteiger partial charge < -0.3 is 33.5 Å². The number of imidazole rings is 3. The second-order valence-corrected chi connectivity index (χ2v) is 27.5. The smallest absolute Gasteiger partial charge is 0.334 e. The lowest BCUT2D eigenvalue weighted by Crippen LogP contribution is -2.31. The minimum atomic E-state index is -3.56. The molecule has 3 aliphatic heterocycles. The Hall–Kier alpha value is -12.1. The van der Waals surface area contributed by atoms with E-state index in [4.69, 9.17) is 35.3 Å². The summed E-state index contributed by atoms with van der Waals surface area (Å²) in [5.74, 6) is 4.99. The first-order valence-corrected chi connectivity index (χ1v) is 36.1. The highest BCUT2D eigenvalue weighted by Gasteiger charge is 2.35. The lowest BCUT2D eigenvalue weighted by Gasteiger charge is -2.15. The first kappa shape index (κ1) is 71.3. The number of sulfonamides is 1. The van der Waals surface area contributed by atoms with E-state index >= 15 is 0 Å². The van der Waals surface area contributed by atoms with Crippen LogP contribution in [0.15, 0.2) is 253 Å². The van der Waals surface area contributed by atoms with Crippen molar-refractivity contribution in [3.05, 3.63) is 275 Å². The van der Waals surface area contributed by atoms with Crippen molar-refractivity contribution < 1.29 is 41.7 Å². The van der Waals surface area contributed by atoms with Gasteiger partial charge in [0.1, 0.15) is 46.0 Å². The zero-order valence-corrected chi connectivity index (χ0v) is 59.4. The average molecular weight is 1450 g/mol. The summed E-state index contributed by atoms with van der Waals surface area (Å²) >= 11 is 6.51. The van der Waals surface area contributed by atoms with Gasteiger partial charge in [0.25, 0.3) is 0 Å². The molecule has 24 nitrogen and oxygen atoms in total. The fraction of sp³-hybridized carbons (Fsp3) is 0.215. The van der Waals surface area contributed by atoms with Crippen molar-refractivity contribution in [3.8, 4) is 63.1 Å². The molecule has 2 amide bonds. The third kappa shape index (κ3) is 15.2. The van der Waals surface area contributed by atoms with E-state index in [1.165, 1.54) is 21.0 Å². The van der Waals surface area contributed by atoms with E-state index in [1.54, 1.807) is 94.1 Å². The molecule has 12 aromatic rings. The first-order chi connectivity index (χ1) is 50.9. The molecule has 3 aliphatic rings. The van der Waals surface area contributed by atoms with E-state index in [0.717, 1.165) is 27.9 Å². The molecule has 0 unspecified atom stereocenters. The van der Waals surface area contributed by atoms with Gasteiger partial charge >= 0.3 is 17.1 Å². The number of hydrogen-bond acceptors (Lipinski definition) is 15. The molecule has 3 fully saturated rings. The largest absolute Gasteiger partial charge is 0.494 e. The van der Waals surface area contributed by atoms with Crippen LogP contribution >= 0.6 is 11.6 Å². The van der Waals surface area contributed by atoms with Crippen molar-refractivity contribution in [3.63, 3.8) is 0 Å².